The predicted molar refractivity (Wildman–Crippen MR) is 115 cm³/mol. The van der Waals surface area contributed by atoms with Gasteiger partial charge in [-0.25, -0.2) is 17.2 Å². The predicted octanol–water partition coefficient (Wildman–Crippen LogP) is 2.99. The first-order valence-electron chi connectivity index (χ1n) is 11.2. The number of unbranched alkanes of at least 4 members (excludes halogenated alkanes) is 1. The lowest BCUT2D eigenvalue weighted by Crippen LogP contribution is -2.43. The van der Waals surface area contributed by atoms with Crippen LogP contribution in [-0.4, -0.2) is 62.8 Å². The van der Waals surface area contributed by atoms with Crippen molar-refractivity contribution in [1.82, 2.24) is 14.5 Å². The Labute approximate surface area is 184 Å². The van der Waals surface area contributed by atoms with Crippen LogP contribution in [0, 0.1) is 23.5 Å². The van der Waals surface area contributed by atoms with Crippen LogP contribution in [0.15, 0.2) is 23.1 Å². The number of piperidine rings is 2. The third kappa shape index (κ3) is 6.46. The Morgan fingerprint density at radius 1 is 1.06 bits per heavy atom. The van der Waals surface area contributed by atoms with E-state index < -0.39 is 26.6 Å². The molecule has 0 bridgehead atoms. The minimum absolute atomic E-state index is 0.0548. The molecule has 6 nitrogen and oxygen atoms in total. The van der Waals surface area contributed by atoms with Gasteiger partial charge in [0, 0.05) is 25.6 Å². The van der Waals surface area contributed by atoms with E-state index in [1.807, 2.05) is 0 Å². The molecule has 0 atom stereocenters. The molecule has 3 rings (SSSR count). The average Bonchev–Trinajstić information content (AvgIpc) is 2.76. The monoisotopic (exact) mass is 457 g/mol. The molecule has 2 aliphatic rings. The lowest BCUT2D eigenvalue weighted by atomic mass is 9.97. The zero-order valence-electron chi connectivity index (χ0n) is 18.2. The quantitative estimate of drug-likeness (QED) is 0.610. The summed E-state index contributed by atoms with van der Waals surface area (Å²) in [5.74, 6) is -1.26. The number of benzene rings is 1. The summed E-state index contributed by atoms with van der Waals surface area (Å²) < 4.78 is 53.7. The summed E-state index contributed by atoms with van der Waals surface area (Å²) in [6.07, 6.45) is 5.23. The first kappa shape index (κ1) is 24.1. The number of carbonyl (C=O) groups is 1. The molecule has 1 amide bonds. The number of amides is 1. The van der Waals surface area contributed by atoms with E-state index in [4.69, 9.17) is 0 Å². The fraction of sp³-hybridized carbons (Fsp3) is 0.682. The minimum Gasteiger partial charge on any atom is -0.356 e. The number of sulfonamides is 1. The largest absolute Gasteiger partial charge is 0.356 e. The zero-order valence-corrected chi connectivity index (χ0v) is 19.0. The number of halogens is 2. The fourth-order valence-electron chi connectivity index (χ4n) is 4.27. The summed E-state index contributed by atoms with van der Waals surface area (Å²) in [5, 5.41) is 2.96. The van der Waals surface area contributed by atoms with Crippen LogP contribution in [0.3, 0.4) is 0 Å². The van der Waals surface area contributed by atoms with Crippen LogP contribution in [0.5, 0.6) is 0 Å². The van der Waals surface area contributed by atoms with E-state index in [-0.39, 0.29) is 24.9 Å². The maximum Gasteiger partial charge on any atom is 0.246 e. The highest BCUT2D eigenvalue weighted by Crippen LogP contribution is 2.26. The first-order chi connectivity index (χ1) is 14.8. The molecule has 0 aromatic heterocycles. The smallest absolute Gasteiger partial charge is 0.246 e. The maximum atomic E-state index is 13.9. The second-order valence-corrected chi connectivity index (χ2v) is 10.7. The molecule has 1 aromatic rings. The van der Waals surface area contributed by atoms with Crippen LogP contribution in [0.25, 0.3) is 0 Å². The Kier molecular flexibility index (Phi) is 8.41. The summed E-state index contributed by atoms with van der Waals surface area (Å²) in [4.78, 5) is 14.3. The van der Waals surface area contributed by atoms with Crippen LogP contribution in [0.1, 0.15) is 45.4 Å². The number of rotatable bonds is 8. The number of hydrogen-bond donors (Lipinski definition) is 1. The third-order valence-corrected chi connectivity index (χ3v) is 8.33. The molecule has 31 heavy (non-hydrogen) atoms. The Balaban J connectivity index is 1.38. The van der Waals surface area contributed by atoms with Gasteiger partial charge in [-0.05, 0) is 82.3 Å². The van der Waals surface area contributed by atoms with Crippen molar-refractivity contribution in [3.63, 3.8) is 0 Å². The van der Waals surface area contributed by atoms with Crippen molar-refractivity contribution in [2.24, 2.45) is 11.8 Å². The highest BCUT2D eigenvalue weighted by atomic mass is 32.2. The van der Waals surface area contributed by atoms with E-state index in [9.17, 15) is 22.0 Å². The third-order valence-electron chi connectivity index (χ3n) is 6.41. The molecule has 1 aromatic carbocycles. The molecule has 1 N–H and O–H groups in total. The number of nitrogens with zero attached hydrogens (tertiary/aromatic N) is 2. The molecule has 0 spiro atoms. The molecular formula is C22H33F2N3O3S. The van der Waals surface area contributed by atoms with Gasteiger partial charge < -0.3 is 10.2 Å². The topological polar surface area (TPSA) is 69.7 Å². The van der Waals surface area contributed by atoms with Gasteiger partial charge in [0.1, 0.15) is 16.5 Å². The number of nitrogens with one attached hydrogen (secondary N) is 1. The summed E-state index contributed by atoms with van der Waals surface area (Å²) in [7, 11) is -4.12. The van der Waals surface area contributed by atoms with Crippen LogP contribution >= 0.6 is 0 Å². The Hall–Kier alpha value is -1.58. The molecular weight excluding hydrogens is 424 g/mol. The lowest BCUT2D eigenvalue weighted by molar-refractivity contribution is -0.126. The van der Waals surface area contributed by atoms with Crippen molar-refractivity contribution < 1.29 is 22.0 Å². The van der Waals surface area contributed by atoms with Gasteiger partial charge in [-0.1, -0.05) is 6.92 Å². The van der Waals surface area contributed by atoms with E-state index in [0.29, 0.717) is 25.5 Å². The van der Waals surface area contributed by atoms with Gasteiger partial charge in [0.15, 0.2) is 0 Å². The normalized spacial score (nSPS) is 20.1. The lowest BCUT2D eigenvalue weighted by Gasteiger charge is -2.31. The molecule has 2 heterocycles. The van der Waals surface area contributed by atoms with Crippen molar-refractivity contribution in [3.05, 3.63) is 29.8 Å². The van der Waals surface area contributed by atoms with Gasteiger partial charge in [0.05, 0.1) is 0 Å². The van der Waals surface area contributed by atoms with E-state index in [1.54, 1.807) is 0 Å². The molecule has 2 aliphatic heterocycles. The van der Waals surface area contributed by atoms with E-state index in [1.165, 1.54) is 12.8 Å². The number of hydrogen-bond acceptors (Lipinski definition) is 4. The summed E-state index contributed by atoms with van der Waals surface area (Å²) in [6, 6.07) is 2.40. The van der Waals surface area contributed by atoms with Gasteiger partial charge in [0.2, 0.25) is 15.9 Å². The molecule has 9 heteroatoms. The van der Waals surface area contributed by atoms with Crippen LogP contribution in [0.4, 0.5) is 8.78 Å². The highest BCUT2D eigenvalue weighted by Gasteiger charge is 2.33. The zero-order chi connectivity index (χ0) is 22.4. The van der Waals surface area contributed by atoms with E-state index in [0.717, 1.165) is 54.8 Å². The van der Waals surface area contributed by atoms with E-state index in [2.05, 4.69) is 17.1 Å². The van der Waals surface area contributed by atoms with Crippen LogP contribution in [-0.2, 0) is 14.8 Å². The van der Waals surface area contributed by atoms with Crippen molar-refractivity contribution in [1.29, 1.82) is 0 Å². The minimum atomic E-state index is -4.12. The number of likely N-dealkylation sites (tertiary alicyclic amines) is 1. The molecule has 2 saturated heterocycles. The van der Waals surface area contributed by atoms with Gasteiger partial charge >= 0.3 is 0 Å². The average molecular weight is 458 g/mol. The van der Waals surface area contributed by atoms with Gasteiger partial charge in [-0.2, -0.15) is 4.31 Å². The second kappa shape index (κ2) is 10.8. The Morgan fingerprint density at radius 3 is 2.42 bits per heavy atom. The van der Waals surface area contributed by atoms with Gasteiger partial charge in [-0.15, -0.1) is 0 Å². The van der Waals surface area contributed by atoms with Crippen molar-refractivity contribution >= 4 is 15.9 Å². The number of carbonyl (C=O) groups excluding carboxylic acids is 1. The molecule has 174 valence electrons. The Bertz CT molecular complexity index is 850. The van der Waals surface area contributed by atoms with Crippen molar-refractivity contribution in [3.8, 4) is 0 Å². The standard InChI is InChI=1S/C22H33F2N3O3S/c1-17-6-12-26(13-7-17)11-3-2-10-25-22(28)18-8-14-27(15-9-18)31(29,30)21-16-19(23)4-5-20(21)24/h4-5,16-18H,2-3,6-15H2,1H3,(H,25,28). The van der Waals surface area contributed by atoms with Gasteiger partial charge in [0.25, 0.3) is 0 Å². The molecule has 0 aliphatic carbocycles. The molecule has 0 radical (unpaired) electrons. The van der Waals surface area contributed by atoms with Crippen molar-refractivity contribution in [2.45, 2.75) is 50.3 Å². The Morgan fingerprint density at radius 2 is 1.74 bits per heavy atom. The SMILES string of the molecule is CC1CCN(CCCCNC(=O)C2CCN(S(=O)(=O)c3cc(F)ccc3F)CC2)CC1. The summed E-state index contributed by atoms with van der Waals surface area (Å²) >= 11 is 0. The fourth-order valence-corrected chi connectivity index (χ4v) is 5.82. The summed E-state index contributed by atoms with van der Waals surface area (Å²) in [6.45, 7) is 6.54. The molecule has 0 saturated carbocycles. The molecule has 2 fully saturated rings. The summed E-state index contributed by atoms with van der Waals surface area (Å²) in [5.41, 5.74) is 0. The van der Waals surface area contributed by atoms with E-state index >= 15 is 0 Å². The maximum absolute atomic E-state index is 13.9. The first-order valence-corrected chi connectivity index (χ1v) is 12.7. The van der Waals surface area contributed by atoms with Gasteiger partial charge in [-0.3, -0.25) is 4.79 Å². The van der Waals surface area contributed by atoms with Crippen molar-refractivity contribution in [2.75, 3.05) is 39.3 Å². The highest BCUT2D eigenvalue weighted by molar-refractivity contribution is 7.89. The molecule has 0 unspecified atom stereocenters. The van der Waals surface area contributed by atoms with Crippen LogP contribution < -0.4 is 5.32 Å². The van der Waals surface area contributed by atoms with Crippen LogP contribution in [0.2, 0.25) is 0 Å². The second-order valence-electron chi connectivity index (χ2n) is 8.78.